The van der Waals surface area contributed by atoms with Crippen LogP contribution in [0.15, 0.2) is 47.6 Å². The number of hydrogen-bond acceptors (Lipinski definition) is 3. The second kappa shape index (κ2) is 7.08. The van der Waals surface area contributed by atoms with Gasteiger partial charge in [0.15, 0.2) is 11.6 Å². The van der Waals surface area contributed by atoms with Gasteiger partial charge >= 0.3 is 0 Å². The summed E-state index contributed by atoms with van der Waals surface area (Å²) in [7, 11) is 0. The van der Waals surface area contributed by atoms with Crippen molar-refractivity contribution in [2.24, 2.45) is 17.8 Å². The largest absolute Gasteiger partial charge is 0.339 e. The number of piperidine rings is 1. The van der Waals surface area contributed by atoms with Gasteiger partial charge in [-0.3, -0.25) is 14.4 Å². The van der Waals surface area contributed by atoms with E-state index in [1.54, 1.807) is 6.92 Å². The molecule has 1 amide bonds. The van der Waals surface area contributed by atoms with Gasteiger partial charge in [-0.05, 0) is 67.9 Å². The van der Waals surface area contributed by atoms with Crippen LogP contribution in [-0.2, 0) is 9.59 Å². The van der Waals surface area contributed by atoms with E-state index in [1.807, 2.05) is 29.2 Å². The van der Waals surface area contributed by atoms with Gasteiger partial charge in [-0.25, -0.2) is 0 Å². The highest BCUT2D eigenvalue weighted by atomic mass is 16.2. The van der Waals surface area contributed by atoms with E-state index >= 15 is 0 Å². The molecule has 0 bridgehead atoms. The van der Waals surface area contributed by atoms with Crippen molar-refractivity contribution in [1.29, 1.82) is 0 Å². The molecule has 1 aliphatic heterocycles. The third-order valence-electron chi connectivity index (χ3n) is 7.08. The van der Waals surface area contributed by atoms with Gasteiger partial charge in [-0.1, -0.05) is 36.4 Å². The molecule has 3 fully saturated rings. The van der Waals surface area contributed by atoms with Gasteiger partial charge in [0, 0.05) is 30.1 Å². The van der Waals surface area contributed by atoms with E-state index in [0.717, 1.165) is 36.0 Å². The highest BCUT2D eigenvalue weighted by Crippen LogP contribution is 2.52. The molecule has 1 aromatic rings. The monoisotopic (exact) mass is 389 g/mol. The van der Waals surface area contributed by atoms with Gasteiger partial charge in [0.1, 0.15) is 0 Å². The highest BCUT2D eigenvalue weighted by molar-refractivity contribution is 6.01. The molecule has 1 aromatic carbocycles. The molecule has 2 atom stereocenters. The van der Waals surface area contributed by atoms with E-state index < -0.39 is 0 Å². The lowest BCUT2D eigenvalue weighted by Gasteiger charge is -2.32. The molecule has 0 spiro atoms. The number of Topliss-reactive ketones (excluding diaryl/α,β-unsaturated/α-hetero) is 2. The summed E-state index contributed by atoms with van der Waals surface area (Å²) >= 11 is 0. The van der Waals surface area contributed by atoms with Crippen LogP contribution in [0.1, 0.15) is 60.9 Å². The lowest BCUT2D eigenvalue weighted by molar-refractivity contribution is -0.128. The molecule has 2 unspecified atom stereocenters. The number of hydrogen-bond donors (Lipinski definition) is 0. The fourth-order valence-electron chi connectivity index (χ4n) is 5.02. The summed E-state index contributed by atoms with van der Waals surface area (Å²) in [6.07, 6.45) is 8.59. The van der Waals surface area contributed by atoms with Crippen LogP contribution in [0.25, 0.3) is 0 Å². The standard InChI is InChI=1S/C25H27NO3/c1-15(27)20-8-9-21(23-14-22(20)23)25(29)26-12-10-19(11-13-26)24(28)18-6-4-17(5-7-18)16-2-3-16/h4-9,16,19,22-23H,2-3,10-14H2,1H3. The van der Waals surface area contributed by atoms with Crippen LogP contribution in [0.5, 0.6) is 0 Å². The van der Waals surface area contributed by atoms with Crippen LogP contribution in [0.3, 0.4) is 0 Å². The number of fused-ring (bicyclic) bond motifs is 1. The number of amides is 1. The lowest BCUT2D eigenvalue weighted by Crippen LogP contribution is -2.41. The van der Waals surface area contributed by atoms with E-state index in [4.69, 9.17) is 0 Å². The first-order valence-electron chi connectivity index (χ1n) is 10.9. The van der Waals surface area contributed by atoms with Crippen molar-refractivity contribution < 1.29 is 14.4 Å². The molecule has 29 heavy (non-hydrogen) atoms. The molecule has 4 aliphatic rings. The minimum atomic E-state index is 0.00375. The van der Waals surface area contributed by atoms with Gasteiger partial charge < -0.3 is 4.90 Å². The number of rotatable bonds is 5. The van der Waals surface area contributed by atoms with Gasteiger partial charge in [0.05, 0.1) is 0 Å². The van der Waals surface area contributed by atoms with Crippen molar-refractivity contribution in [2.45, 2.75) is 44.9 Å². The number of benzene rings is 1. The van der Waals surface area contributed by atoms with Crippen LogP contribution in [0, 0.1) is 17.8 Å². The molecule has 5 rings (SSSR count). The van der Waals surface area contributed by atoms with Gasteiger partial charge in [0.25, 0.3) is 0 Å². The normalized spacial score (nSPS) is 26.3. The van der Waals surface area contributed by atoms with E-state index in [9.17, 15) is 14.4 Å². The molecule has 4 heteroatoms. The van der Waals surface area contributed by atoms with Crippen molar-refractivity contribution in [3.63, 3.8) is 0 Å². The average molecular weight is 389 g/mol. The second-order valence-corrected chi connectivity index (χ2v) is 9.08. The fraction of sp³-hybridized carbons (Fsp3) is 0.480. The zero-order chi connectivity index (χ0) is 20.1. The first-order valence-corrected chi connectivity index (χ1v) is 10.9. The summed E-state index contributed by atoms with van der Waals surface area (Å²) in [6, 6.07) is 8.17. The zero-order valence-corrected chi connectivity index (χ0v) is 16.9. The molecule has 0 radical (unpaired) electrons. The predicted molar refractivity (Wildman–Crippen MR) is 110 cm³/mol. The van der Waals surface area contributed by atoms with Crippen LogP contribution in [0.2, 0.25) is 0 Å². The number of carbonyl (C=O) groups is 3. The Morgan fingerprint density at radius 2 is 1.48 bits per heavy atom. The number of likely N-dealkylation sites (tertiary alicyclic amines) is 1. The second-order valence-electron chi connectivity index (χ2n) is 9.08. The molecule has 3 aliphatic carbocycles. The predicted octanol–water partition coefficient (Wildman–Crippen LogP) is 4.08. The topological polar surface area (TPSA) is 54.5 Å². The first kappa shape index (κ1) is 18.5. The van der Waals surface area contributed by atoms with Crippen LogP contribution >= 0.6 is 0 Å². The summed E-state index contributed by atoms with van der Waals surface area (Å²) in [4.78, 5) is 39.4. The maximum atomic E-state index is 13.0. The third-order valence-corrected chi connectivity index (χ3v) is 7.08. The summed E-state index contributed by atoms with van der Waals surface area (Å²) in [6.45, 7) is 2.87. The number of carbonyl (C=O) groups excluding carboxylic acids is 3. The first-order chi connectivity index (χ1) is 14.0. The maximum absolute atomic E-state index is 13.0. The van der Waals surface area contributed by atoms with E-state index in [2.05, 4.69) is 12.1 Å². The summed E-state index contributed by atoms with van der Waals surface area (Å²) in [5.74, 6) is 1.59. The smallest absolute Gasteiger partial charge is 0.250 e. The lowest BCUT2D eigenvalue weighted by atomic mass is 9.87. The van der Waals surface area contributed by atoms with Crippen LogP contribution in [0.4, 0.5) is 0 Å². The van der Waals surface area contributed by atoms with Gasteiger partial charge in [-0.2, -0.15) is 0 Å². The molecule has 0 N–H and O–H groups in total. The number of nitrogens with zero attached hydrogens (tertiary/aromatic N) is 1. The molecule has 1 saturated heterocycles. The van der Waals surface area contributed by atoms with E-state index in [0.29, 0.717) is 19.0 Å². The highest BCUT2D eigenvalue weighted by Gasteiger charge is 2.48. The summed E-state index contributed by atoms with van der Waals surface area (Å²) in [5.41, 5.74) is 3.86. The van der Waals surface area contributed by atoms with Crippen molar-refractivity contribution in [1.82, 2.24) is 4.90 Å². The Labute approximate surface area is 171 Å². The molecule has 0 aromatic heterocycles. The average Bonchev–Trinajstić information content (AvgIpc) is 3.65. The summed E-state index contributed by atoms with van der Waals surface area (Å²) < 4.78 is 0. The van der Waals surface area contributed by atoms with Gasteiger partial charge in [0.2, 0.25) is 5.91 Å². The molecular weight excluding hydrogens is 362 g/mol. The van der Waals surface area contributed by atoms with Crippen molar-refractivity contribution in [2.75, 3.05) is 13.1 Å². The SMILES string of the molecule is CC(=O)C1=CC=C(C(=O)N2CCC(C(=O)c3ccc(C4CC4)cc3)CC2)C2CC12. The molecule has 1 heterocycles. The Bertz CT molecular complexity index is 927. The third kappa shape index (κ3) is 3.50. The number of allylic oxidation sites excluding steroid dienone is 3. The van der Waals surface area contributed by atoms with Crippen molar-refractivity contribution >= 4 is 17.5 Å². The zero-order valence-electron chi connectivity index (χ0n) is 16.9. The minimum Gasteiger partial charge on any atom is -0.339 e. The van der Waals surface area contributed by atoms with Crippen molar-refractivity contribution in [3.8, 4) is 0 Å². The summed E-state index contributed by atoms with van der Waals surface area (Å²) in [5, 5.41) is 0. The Morgan fingerprint density at radius 3 is 2.10 bits per heavy atom. The molecular formula is C25H27NO3. The molecule has 150 valence electrons. The minimum absolute atomic E-state index is 0.00375. The molecule has 4 nitrogen and oxygen atoms in total. The number of ketones is 2. The van der Waals surface area contributed by atoms with Crippen molar-refractivity contribution in [3.05, 3.63) is 58.7 Å². The van der Waals surface area contributed by atoms with Crippen LogP contribution in [-0.4, -0.2) is 35.5 Å². The Balaban J connectivity index is 1.20. The quantitative estimate of drug-likeness (QED) is 0.713. The Morgan fingerprint density at radius 1 is 0.862 bits per heavy atom. The van der Waals surface area contributed by atoms with Crippen LogP contribution < -0.4 is 0 Å². The fourth-order valence-corrected chi connectivity index (χ4v) is 5.02. The molecule has 2 saturated carbocycles. The van der Waals surface area contributed by atoms with E-state index in [1.165, 1.54) is 18.4 Å². The Hall–Kier alpha value is -2.49. The Kier molecular flexibility index (Phi) is 4.53. The maximum Gasteiger partial charge on any atom is 0.250 e. The van der Waals surface area contributed by atoms with E-state index in [-0.39, 0.29) is 35.2 Å². The van der Waals surface area contributed by atoms with Gasteiger partial charge in [-0.15, -0.1) is 0 Å².